The molecule has 0 radical (unpaired) electrons. The summed E-state index contributed by atoms with van der Waals surface area (Å²) in [5.41, 5.74) is 2.83. The van der Waals surface area contributed by atoms with E-state index in [9.17, 15) is 9.59 Å². The predicted molar refractivity (Wildman–Crippen MR) is 110 cm³/mol. The maximum Gasteiger partial charge on any atom is 0.323 e. The average molecular weight is 366 g/mol. The molecule has 1 saturated heterocycles. The maximum atomic E-state index is 12.6. The Labute approximate surface area is 159 Å². The summed E-state index contributed by atoms with van der Waals surface area (Å²) in [6.45, 7) is 4.56. The first-order chi connectivity index (χ1) is 13.2. The van der Waals surface area contributed by atoms with Crippen LogP contribution in [-0.2, 0) is 0 Å². The van der Waals surface area contributed by atoms with Crippen LogP contribution in [0.15, 0.2) is 48.5 Å². The van der Waals surface area contributed by atoms with Crippen LogP contribution < -0.4 is 20.9 Å². The van der Waals surface area contributed by atoms with E-state index < -0.39 is 0 Å². The zero-order chi connectivity index (χ0) is 19.1. The van der Waals surface area contributed by atoms with Crippen LogP contribution in [0.3, 0.4) is 0 Å². The molecule has 3 rings (SSSR count). The van der Waals surface area contributed by atoms with Gasteiger partial charge in [0.2, 0.25) is 0 Å². The summed E-state index contributed by atoms with van der Waals surface area (Å²) in [5, 5.41) is 8.53. The van der Waals surface area contributed by atoms with E-state index in [1.54, 1.807) is 6.07 Å². The standard InChI is InChI=1S/C21H26N4O2/c1-2-12-22-20(26)18-15-17(10-11-19(18)25-13-6-7-14-25)24-21(27)23-16-8-4-3-5-9-16/h3-5,8-11,15H,2,6-7,12-14H2,1H3,(H,22,26)(H2,23,24,27). The number of urea groups is 1. The van der Waals surface area contributed by atoms with Gasteiger partial charge in [-0.3, -0.25) is 4.79 Å². The van der Waals surface area contributed by atoms with E-state index in [-0.39, 0.29) is 11.9 Å². The monoisotopic (exact) mass is 366 g/mol. The first-order valence-corrected chi connectivity index (χ1v) is 9.47. The van der Waals surface area contributed by atoms with Gasteiger partial charge in [-0.25, -0.2) is 4.79 Å². The summed E-state index contributed by atoms with van der Waals surface area (Å²) < 4.78 is 0. The highest BCUT2D eigenvalue weighted by Crippen LogP contribution is 2.27. The smallest absolute Gasteiger partial charge is 0.323 e. The molecule has 0 bridgehead atoms. The largest absolute Gasteiger partial charge is 0.371 e. The SMILES string of the molecule is CCCNC(=O)c1cc(NC(=O)Nc2ccccc2)ccc1N1CCCC1. The number of nitrogens with one attached hydrogen (secondary N) is 3. The van der Waals surface area contributed by atoms with Gasteiger partial charge in [0, 0.05) is 36.7 Å². The molecule has 0 aromatic heterocycles. The first-order valence-electron chi connectivity index (χ1n) is 9.47. The van der Waals surface area contributed by atoms with Crippen molar-refractivity contribution in [2.24, 2.45) is 0 Å². The summed E-state index contributed by atoms with van der Waals surface area (Å²) in [4.78, 5) is 27.1. The quantitative estimate of drug-likeness (QED) is 0.721. The third-order valence-electron chi connectivity index (χ3n) is 4.51. The molecule has 0 atom stereocenters. The lowest BCUT2D eigenvalue weighted by atomic mass is 10.1. The zero-order valence-corrected chi connectivity index (χ0v) is 15.6. The number of para-hydroxylation sites is 1. The number of benzene rings is 2. The van der Waals surface area contributed by atoms with Gasteiger partial charge in [0.05, 0.1) is 5.56 Å². The molecule has 142 valence electrons. The molecule has 0 aliphatic carbocycles. The lowest BCUT2D eigenvalue weighted by Crippen LogP contribution is -2.28. The van der Waals surface area contributed by atoms with Crippen molar-refractivity contribution in [3.63, 3.8) is 0 Å². The Balaban J connectivity index is 1.77. The van der Waals surface area contributed by atoms with Gasteiger partial charge >= 0.3 is 6.03 Å². The lowest BCUT2D eigenvalue weighted by Gasteiger charge is -2.22. The van der Waals surface area contributed by atoms with Crippen molar-refractivity contribution < 1.29 is 9.59 Å². The molecule has 0 unspecified atom stereocenters. The molecule has 6 nitrogen and oxygen atoms in total. The summed E-state index contributed by atoms with van der Waals surface area (Å²) in [6.07, 6.45) is 3.15. The minimum absolute atomic E-state index is 0.106. The Kier molecular flexibility index (Phi) is 6.30. The summed E-state index contributed by atoms with van der Waals surface area (Å²) in [7, 11) is 0. The van der Waals surface area contributed by atoms with Gasteiger partial charge in [-0.1, -0.05) is 25.1 Å². The summed E-state index contributed by atoms with van der Waals surface area (Å²) >= 11 is 0. The molecule has 2 aromatic carbocycles. The van der Waals surface area contributed by atoms with Crippen LogP contribution in [0.5, 0.6) is 0 Å². The minimum atomic E-state index is -0.338. The zero-order valence-electron chi connectivity index (χ0n) is 15.6. The Bertz CT molecular complexity index is 786. The molecule has 1 aliphatic heterocycles. The summed E-state index contributed by atoms with van der Waals surface area (Å²) in [6, 6.07) is 14.4. The molecule has 1 aliphatic rings. The van der Waals surface area contributed by atoms with Crippen molar-refractivity contribution in [1.82, 2.24) is 5.32 Å². The molecule has 27 heavy (non-hydrogen) atoms. The first kappa shape index (κ1) is 18.8. The molecule has 3 N–H and O–H groups in total. The second kappa shape index (κ2) is 9.07. The molecule has 1 fully saturated rings. The van der Waals surface area contributed by atoms with Gasteiger partial charge in [0.1, 0.15) is 0 Å². The third kappa shape index (κ3) is 5.00. The minimum Gasteiger partial charge on any atom is -0.371 e. The van der Waals surface area contributed by atoms with Crippen molar-refractivity contribution in [3.8, 4) is 0 Å². The van der Waals surface area contributed by atoms with Crippen LogP contribution >= 0.6 is 0 Å². The van der Waals surface area contributed by atoms with Crippen LogP contribution in [-0.4, -0.2) is 31.6 Å². The van der Waals surface area contributed by atoms with E-state index >= 15 is 0 Å². The number of amides is 3. The van der Waals surface area contributed by atoms with Crippen LogP contribution in [0.1, 0.15) is 36.5 Å². The molecule has 0 spiro atoms. The van der Waals surface area contributed by atoms with E-state index in [4.69, 9.17) is 0 Å². The van der Waals surface area contributed by atoms with E-state index in [1.807, 2.05) is 49.4 Å². The Hall–Kier alpha value is -3.02. The van der Waals surface area contributed by atoms with E-state index in [1.165, 1.54) is 0 Å². The fourth-order valence-corrected chi connectivity index (χ4v) is 3.18. The van der Waals surface area contributed by atoms with Crippen LogP contribution in [0.4, 0.5) is 21.9 Å². The summed E-state index contributed by atoms with van der Waals surface area (Å²) in [5.74, 6) is -0.106. The Morgan fingerprint density at radius 3 is 2.37 bits per heavy atom. The number of nitrogens with zero attached hydrogens (tertiary/aromatic N) is 1. The van der Waals surface area contributed by atoms with Gasteiger partial charge in [-0.2, -0.15) is 0 Å². The second-order valence-electron chi connectivity index (χ2n) is 6.63. The molecule has 6 heteroatoms. The highest BCUT2D eigenvalue weighted by Gasteiger charge is 2.20. The number of anilines is 3. The topological polar surface area (TPSA) is 73.5 Å². The lowest BCUT2D eigenvalue weighted by molar-refractivity contribution is 0.0954. The molecular weight excluding hydrogens is 340 g/mol. The van der Waals surface area contributed by atoms with Gasteiger partial charge < -0.3 is 20.9 Å². The maximum absolute atomic E-state index is 12.6. The van der Waals surface area contributed by atoms with Gasteiger partial charge in [0.25, 0.3) is 5.91 Å². The predicted octanol–water partition coefficient (Wildman–Crippen LogP) is 4.07. The number of rotatable bonds is 6. The number of carbonyl (C=O) groups excluding carboxylic acids is 2. The molecule has 0 saturated carbocycles. The van der Waals surface area contributed by atoms with Crippen molar-refractivity contribution in [2.45, 2.75) is 26.2 Å². The fraction of sp³-hybridized carbons (Fsp3) is 0.333. The van der Waals surface area contributed by atoms with Crippen LogP contribution in [0.25, 0.3) is 0 Å². The Morgan fingerprint density at radius 1 is 0.963 bits per heavy atom. The number of hydrogen-bond donors (Lipinski definition) is 3. The second-order valence-corrected chi connectivity index (χ2v) is 6.63. The average Bonchev–Trinajstić information content (AvgIpc) is 3.21. The van der Waals surface area contributed by atoms with E-state index in [0.717, 1.165) is 38.0 Å². The van der Waals surface area contributed by atoms with Crippen molar-refractivity contribution in [3.05, 3.63) is 54.1 Å². The van der Waals surface area contributed by atoms with Gasteiger partial charge in [0.15, 0.2) is 0 Å². The van der Waals surface area contributed by atoms with Crippen molar-refractivity contribution in [1.29, 1.82) is 0 Å². The Morgan fingerprint density at radius 2 is 1.67 bits per heavy atom. The van der Waals surface area contributed by atoms with Crippen molar-refractivity contribution in [2.75, 3.05) is 35.2 Å². The molecule has 3 amide bonds. The van der Waals surface area contributed by atoms with Crippen molar-refractivity contribution >= 4 is 29.0 Å². The highest BCUT2D eigenvalue weighted by molar-refractivity contribution is 6.04. The third-order valence-corrected chi connectivity index (χ3v) is 4.51. The van der Waals surface area contributed by atoms with E-state index in [0.29, 0.717) is 23.5 Å². The normalized spacial score (nSPS) is 13.3. The highest BCUT2D eigenvalue weighted by atomic mass is 16.2. The van der Waals surface area contributed by atoms with Crippen LogP contribution in [0.2, 0.25) is 0 Å². The number of hydrogen-bond acceptors (Lipinski definition) is 3. The van der Waals surface area contributed by atoms with Crippen LogP contribution in [0, 0.1) is 0 Å². The fourth-order valence-electron chi connectivity index (χ4n) is 3.18. The molecule has 1 heterocycles. The van der Waals surface area contributed by atoms with Gasteiger partial charge in [-0.15, -0.1) is 0 Å². The van der Waals surface area contributed by atoms with Gasteiger partial charge in [-0.05, 0) is 49.6 Å². The van der Waals surface area contributed by atoms with E-state index in [2.05, 4.69) is 20.9 Å². The molecule has 2 aromatic rings. The number of carbonyl (C=O) groups is 2. The molecular formula is C21H26N4O2.